The van der Waals surface area contributed by atoms with Crippen molar-refractivity contribution in [1.29, 1.82) is 0 Å². The number of aromatic nitrogens is 3. The van der Waals surface area contributed by atoms with Gasteiger partial charge in [0, 0.05) is 46.3 Å². The van der Waals surface area contributed by atoms with Crippen LogP contribution < -0.4 is 15.8 Å². The van der Waals surface area contributed by atoms with E-state index in [0.717, 1.165) is 30.8 Å². The maximum absolute atomic E-state index is 12.7. The average molecular weight is 370 g/mol. The molecule has 0 bridgehead atoms. The second-order valence-electron chi connectivity index (χ2n) is 7.04. The molecular formula is C19H26N6O2. The number of aryl methyl sites for hydroxylation is 1. The summed E-state index contributed by atoms with van der Waals surface area (Å²) in [5.74, 6) is 0.797. The molecule has 1 amide bonds. The van der Waals surface area contributed by atoms with E-state index in [-0.39, 0.29) is 11.5 Å². The minimum absolute atomic E-state index is 0.122. The van der Waals surface area contributed by atoms with Crippen LogP contribution in [-0.2, 0) is 7.05 Å². The molecule has 27 heavy (non-hydrogen) atoms. The second-order valence-corrected chi connectivity index (χ2v) is 7.04. The van der Waals surface area contributed by atoms with Gasteiger partial charge in [-0.15, -0.1) is 0 Å². The Hall–Kier alpha value is -2.90. The molecule has 8 nitrogen and oxygen atoms in total. The topological polar surface area (TPSA) is 83.4 Å². The number of hydrogen-bond acceptors (Lipinski definition) is 6. The molecule has 0 spiro atoms. The molecule has 0 aromatic carbocycles. The van der Waals surface area contributed by atoms with E-state index in [4.69, 9.17) is 0 Å². The minimum Gasteiger partial charge on any atom is -0.381 e. The molecule has 1 saturated heterocycles. The Kier molecular flexibility index (Phi) is 5.73. The van der Waals surface area contributed by atoms with Gasteiger partial charge in [-0.3, -0.25) is 9.59 Å². The summed E-state index contributed by atoms with van der Waals surface area (Å²) in [6.45, 7) is 1.35. The Labute approximate surface area is 158 Å². The molecule has 0 saturated carbocycles. The number of nitrogens with one attached hydrogen (secondary N) is 1. The molecule has 144 valence electrons. The van der Waals surface area contributed by atoms with Crippen molar-refractivity contribution < 1.29 is 4.79 Å². The molecule has 3 rings (SSSR count). The first-order valence-electron chi connectivity index (χ1n) is 9.17. The van der Waals surface area contributed by atoms with Crippen LogP contribution in [0.25, 0.3) is 0 Å². The van der Waals surface area contributed by atoms with Gasteiger partial charge in [0.25, 0.3) is 11.5 Å². The first kappa shape index (κ1) is 18.9. The Morgan fingerprint density at radius 2 is 2.00 bits per heavy atom. The molecule has 1 N–H and O–H groups in total. The lowest BCUT2D eigenvalue weighted by Crippen LogP contribution is -2.34. The van der Waals surface area contributed by atoms with Crippen molar-refractivity contribution in [2.24, 2.45) is 7.05 Å². The lowest BCUT2D eigenvalue weighted by molar-refractivity contribution is 0.0753. The third-order valence-corrected chi connectivity index (χ3v) is 4.77. The van der Waals surface area contributed by atoms with Crippen LogP contribution in [-0.4, -0.2) is 58.8 Å². The van der Waals surface area contributed by atoms with Gasteiger partial charge >= 0.3 is 0 Å². The molecule has 1 aliphatic heterocycles. The highest BCUT2D eigenvalue weighted by molar-refractivity contribution is 5.92. The minimum atomic E-state index is -0.222. The van der Waals surface area contributed by atoms with Gasteiger partial charge in [0.05, 0.1) is 11.9 Å². The van der Waals surface area contributed by atoms with Gasteiger partial charge in [-0.05, 0) is 37.5 Å². The first-order chi connectivity index (χ1) is 12.9. The van der Waals surface area contributed by atoms with Gasteiger partial charge < -0.3 is 15.1 Å². The van der Waals surface area contributed by atoms with Gasteiger partial charge in [-0.1, -0.05) is 0 Å². The summed E-state index contributed by atoms with van der Waals surface area (Å²) in [6, 6.07) is 7.20. The zero-order valence-corrected chi connectivity index (χ0v) is 16.1. The van der Waals surface area contributed by atoms with Crippen molar-refractivity contribution in [2.75, 3.05) is 37.4 Å². The largest absolute Gasteiger partial charge is 0.381 e. The van der Waals surface area contributed by atoms with Crippen LogP contribution in [0.2, 0.25) is 0 Å². The van der Waals surface area contributed by atoms with E-state index in [1.165, 1.54) is 16.8 Å². The normalized spacial score (nSPS) is 17.3. The lowest BCUT2D eigenvalue weighted by atomic mass is 10.1. The lowest BCUT2D eigenvalue weighted by Gasteiger charge is -2.21. The number of rotatable bonds is 4. The fraction of sp³-hybridized carbons (Fsp3) is 0.474. The van der Waals surface area contributed by atoms with E-state index in [2.05, 4.69) is 15.4 Å². The zero-order chi connectivity index (χ0) is 19.4. The first-order valence-corrected chi connectivity index (χ1v) is 9.17. The summed E-state index contributed by atoms with van der Waals surface area (Å²) in [5.41, 5.74) is 1.08. The summed E-state index contributed by atoms with van der Waals surface area (Å²) in [7, 11) is 5.48. The van der Waals surface area contributed by atoms with Crippen molar-refractivity contribution >= 4 is 17.4 Å². The molecule has 0 unspecified atom stereocenters. The third-order valence-electron chi connectivity index (χ3n) is 4.77. The zero-order valence-electron chi connectivity index (χ0n) is 16.1. The van der Waals surface area contributed by atoms with Gasteiger partial charge in [-0.2, -0.15) is 5.10 Å². The number of nitrogens with zero attached hydrogens (tertiary/aromatic N) is 5. The number of anilines is 2. The molecule has 1 aliphatic rings. The molecule has 8 heteroatoms. The van der Waals surface area contributed by atoms with E-state index < -0.39 is 0 Å². The molecule has 0 radical (unpaired) electrons. The predicted octanol–water partition coefficient (Wildman–Crippen LogP) is 1.35. The fourth-order valence-electron chi connectivity index (χ4n) is 3.19. The third kappa shape index (κ3) is 4.64. The van der Waals surface area contributed by atoms with Crippen LogP contribution in [0.4, 0.5) is 11.5 Å². The van der Waals surface area contributed by atoms with Crippen LogP contribution >= 0.6 is 0 Å². The van der Waals surface area contributed by atoms with Crippen LogP contribution in [0.3, 0.4) is 0 Å². The number of amides is 1. The van der Waals surface area contributed by atoms with E-state index in [0.29, 0.717) is 24.8 Å². The van der Waals surface area contributed by atoms with Crippen molar-refractivity contribution in [3.63, 3.8) is 0 Å². The number of hydrogen-bond donors (Lipinski definition) is 1. The van der Waals surface area contributed by atoms with Crippen LogP contribution in [0.15, 0.2) is 35.3 Å². The highest BCUT2D eigenvalue weighted by Gasteiger charge is 2.22. The van der Waals surface area contributed by atoms with Gasteiger partial charge in [0.1, 0.15) is 11.5 Å². The molecule has 3 heterocycles. The molecule has 1 fully saturated rings. The van der Waals surface area contributed by atoms with E-state index in [9.17, 15) is 9.59 Å². The average Bonchev–Trinajstić information content (AvgIpc) is 2.89. The summed E-state index contributed by atoms with van der Waals surface area (Å²) >= 11 is 0. The standard InChI is InChI=1S/C19H26N6O2/c1-23(2)17-8-6-15(13-20-17)21-14-5-4-11-25(12-10-14)19(27)16-7-9-18(26)24(3)22-16/h6-9,13-14,21H,4-5,10-12H2,1-3H3/t14-/m1/s1. The fourth-order valence-corrected chi connectivity index (χ4v) is 3.19. The summed E-state index contributed by atoms with van der Waals surface area (Å²) < 4.78 is 1.19. The van der Waals surface area contributed by atoms with Crippen molar-refractivity contribution in [3.8, 4) is 0 Å². The smallest absolute Gasteiger partial charge is 0.274 e. The second kappa shape index (κ2) is 8.20. The predicted molar refractivity (Wildman–Crippen MR) is 105 cm³/mol. The quantitative estimate of drug-likeness (QED) is 0.875. The Balaban J connectivity index is 1.60. The maximum atomic E-state index is 12.7. The number of likely N-dealkylation sites (tertiary alicyclic amines) is 1. The molecule has 2 aromatic heterocycles. The monoisotopic (exact) mass is 370 g/mol. The van der Waals surface area contributed by atoms with Gasteiger partial charge in [0.15, 0.2) is 0 Å². The van der Waals surface area contributed by atoms with E-state index >= 15 is 0 Å². The molecule has 2 aromatic rings. The van der Waals surface area contributed by atoms with Crippen LogP contribution in [0.1, 0.15) is 29.8 Å². The van der Waals surface area contributed by atoms with Crippen molar-refractivity contribution in [3.05, 3.63) is 46.5 Å². The van der Waals surface area contributed by atoms with Gasteiger partial charge in [-0.25, -0.2) is 9.67 Å². The van der Waals surface area contributed by atoms with Gasteiger partial charge in [0.2, 0.25) is 0 Å². The van der Waals surface area contributed by atoms with Crippen molar-refractivity contribution in [1.82, 2.24) is 19.7 Å². The summed E-state index contributed by atoms with van der Waals surface area (Å²) in [5, 5.41) is 7.60. The molecular weight excluding hydrogens is 344 g/mol. The Bertz CT molecular complexity index is 846. The highest BCUT2D eigenvalue weighted by atomic mass is 16.2. The van der Waals surface area contributed by atoms with E-state index in [1.54, 1.807) is 7.05 Å². The van der Waals surface area contributed by atoms with Crippen LogP contribution in [0.5, 0.6) is 0 Å². The molecule has 0 aliphatic carbocycles. The Morgan fingerprint density at radius 3 is 2.67 bits per heavy atom. The number of pyridine rings is 1. The SMILES string of the molecule is CN(C)c1ccc(N[C@@H]2CCCN(C(=O)c3ccc(=O)n(C)n3)CC2)cn1. The van der Waals surface area contributed by atoms with Crippen molar-refractivity contribution in [2.45, 2.75) is 25.3 Å². The van der Waals surface area contributed by atoms with Crippen LogP contribution in [0, 0.1) is 0 Å². The maximum Gasteiger partial charge on any atom is 0.274 e. The highest BCUT2D eigenvalue weighted by Crippen LogP contribution is 2.19. The summed E-state index contributed by atoms with van der Waals surface area (Å²) in [6.07, 6.45) is 4.60. The number of carbonyl (C=O) groups excluding carboxylic acids is 1. The number of carbonyl (C=O) groups is 1. The summed E-state index contributed by atoms with van der Waals surface area (Å²) in [4.78, 5) is 32.4. The van der Waals surface area contributed by atoms with E-state index in [1.807, 2.05) is 42.2 Å². The Morgan fingerprint density at radius 1 is 1.19 bits per heavy atom. The molecule has 1 atom stereocenters.